The maximum absolute atomic E-state index is 13.1. The van der Waals surface area contributed by atoms with E-state index in [2.05, 4.69) is 5.32 Å². The standard InChI is InChI=1S/C16H20FNO3/c1-16(8-3-2-7-13(16)15(20)21)18-14(19)10-11-5-4-6-12(17)9-11/h4-6,9,13H,2-3,7-8,10H2,1H3,(H,18,19)(H,20,21). The van der Waals surface area contributed by atoms with Crippen LogP contribution in [0.15, 0.2) is 24.3 Å². The SMILES string of the molecule is CC1(NC(=O)Cc2cccc(F)c2)CCCCC1C(=O)O. The highest BCUT2D eigenvalue weighted by Gasteiger charge is 2.42. The van der Waals surface area contributed by atoms with Gasteiger partial charge in [0.2, 0.25) is 5.91 Å². The number of hydrogen-bond donors (Lipinski definition) is 2. The molecule has 1 aromatic rings. The van der Waals surface area contributed by atoms with Crippen molar-refractivity contribution >= 4 is 11.9 Å². The molecule has 2 rings (SSSR count). The molecular weight excluding hydrogens is 273 g/mol. The second-order valence-corrected chi connectivity index (χ2v) is 5.91. The molecule has 0 bridgehead atoms. The van der Waals surface area contributed by atoms with Gasteiger partial charge >= 0.3 is 5.97 Å². The Balaban J connectivity index is 2.04. The molecule has 0 saturated heterocycles. The molecule has 0 aliphatic heterocycles. The fourth-order valence-corrected chi connectivity index (χ4v) is 3.07. The van der Waals surface area contributed by atoms with E-state index in [0.717, 1.165) is 12.8 Å². The Kier molecular flexibility index (Phi) is 4.60. The molecule has 1 aromatic carbocycles. The van der Waals surface area contributed by atoms with E-state index >= 15 is 0 Å². The molecule has 0 aromatic heterocycles. The zero-order valence-electron chi connectivity index (χ0n) is 12.1. The quantitative estimate of drug-likeness (QED) is 0.896. The highest BCUT2D eigenvalue weighted by atomic mass is 19.1. The molecule has 2 atom stereocenters. The van der Waals surface area contributed by atoms with E-state index in [-0.39, 0.29) is 18.1 Å². The summed E-state index contributed by atoms with van der Waals surface area (Å²) in [5, 5.41) is 12.2. The van der Waals surface area contributed by atoms with Gasteiger partial charge in [-0.25, -0.2) is 4.39 Å². The first kappa shape index (κ1) is 15.5. The van der Waals surface area contributed by atoms with Gasteiger partial charge in [0, 0.05) is 0 Å². The van der Waals surface area contributed by atoms with Crippen molar-refractivity contribution in [1.82, 2.24) is 5.32 Å². The van der Waals surface area contributed by atoms with Crippen molar-refractivity contribution in [2.24, 2.45) is 5.92 Å². The van der Waals surface area contributed by atoms with Gasteiger partial charge in [-0.3, -0.25) is 9.59 Å². The largest absolute Gasteiger partial charge is 0.481 e. The lowest BCUT2D eigenvalue weighted by Gasteiger charge is -2.39. The molecule has 2 unspecified atom stereocenters. The number of aliphatic carboxylic acids is 1. The van der Waals surface area contributed by atoms with Crippen molar-refractivity contribution in [3.8, 4) is 0 Å². The lowest BCUT2D eigenvalue weighted by Crippen LogP contribution is -2.55. The van der Waals surface area contributed by atoms with Gasteiger partial charge < -0.3 is 10.4 Å². The molecule has 114 valence electrons. The summed E-state index contributed by atoms with van der Waals surface area (Å²) in [5.41, 5.74) is -0.145. The van der Waals surface area contributed by atoms with Crippen LogP contribution in [0.3, 0.4) is 0 Å². The van der Waals surface area contributed by atoms with Crippen LogP contribution in [0.5, 0.6) is 0 Å². The first-order valence-electron chi connectivity index (χ1n) is 7.19. The van der Waals surface area contributed by atoms with E-state index in [4.69, 9.17) is 0 Å². The van der Waals surface area contributed by atoms with E-state index in [9.17, 15) is 19.1 Å². The van der Waals surface area contributed by atoms with Crippen molar-refractivity contribution < 1.29 is 19.1 Å². The molecule has 0 radical (unpaired) electrons. The third kappa shape index (κ3) is 3.80. The summed E-state index contributed by atoms with van der Waals surface area (Å²) in [7, 11) is 0. The Morgan fingerprint density at radius 3 is 2.86 bits per heavy atom. The maximum atomic E-state index is 13.1. The summed E-state index contributed by atoms with van der Waals surface area (Å²) in [5.74, 6) is -2.09. The molecule has 0 heterocycles. The molecule has 1 saturated carbocycles. The number of benzene rings is 1. The number of carboxylic acids is 1. The van der Waals surface area contributed by atoms with Crippen LogP contribution in [-0.4, -0.2) is 22.5 Å². The highest BCUT2D eigenvalue weighted by Crippen LogP contribution is 2.33. The van der Waals surface area contributed by atoms with Crippen LogP contribution in [0.4, 0.5) is 4.39 Å². The molecule has 2 N–H and O–H groups in total. The number of carboxylic acid groups (broad SMARTS) is 1. The number of carbonyl (C=O) groups is 2. The maximum Gasteiger partial charge on any atom is 0.308 e. The van der Waals surface area contributed by atoms with Gasteiger partial charge in [-0.15, -0.1) is 0 Å². The van der Waals surface area contributed by atoms with E-state index < -0.39 is 17.4 Å². The van der Waals surface area contributed by atoms with Gasteiger partial charge in [0.15, 0.2) is 0 Å². The Morgan fingerprint density at radius 2 is 2.19 bits per heavy atom. The third-order valence-corrected chi connectivity index (χ3v) is 4.18. The van der Waals surface area contributed by atoms with E-state index in [1.165, 1.54) is 12.1 Å². The monoisotopic (exact) mass is 293 g/mol. The van der Waals surface area contributed by atoms with Crippen LogP contribution in [-0.2, 0) is 16.0 Å². The molecule has 1 aliphatic carbocycles. The predicted molar refractivity (Wildman–Crippen MR) is 76.2 cm³/mol. The second kappa shape index (κ2) is 6.24. The van der Waals surface area contributed by atoms with Crippen LogP contribution < -0.4 is 5.32 Å². The van der Waals surface area contributed by atoms with Gasteiger partial charge in [0.05, 0.1) is 17.9 Å². The van der Waals surface area contributed by atoms with Crippen LogP contribution in [0.2, 0.25) is 0 Å². The first-order chi connectivity index (χ1) is 9.90. The van der Waals surface area contributed by atoms with Crippen molar-refractivity contribution in [3.63, 3.8) is 0 Å². The average Bonchev–Trinajstić information content (AvgIpc) is 2.37. The third-order valence-electron chi connectivity index (χ3n) is 4.18. The predicted octanol–water partition coefficient (Wildman–Crippen LogP) is 2.52. The minimum absolute atomic E-state index is 0.0552. The summed E-state index contributed by atoms with van der Waals surface area (Å²) in [6, 6.07) is 5.88. The Bertz CT molecular complexity index is 546. The fourth-order valence-electron chi connectivity index (χ4n) is 3.07. The number of halogens is 1. The average molecular weight is 293 g/mol. The molecular formula is C16H20FNO3. The summed E-state index contributed by atoms with van der Waals surface area (Å²) in [4.78, 5) is 23.5. The van der Waals surface area contributed by atoms with Crippen molar-refractivity contribution in [2.45, 2.75) is 44.6 Å². The topological polar surface area (TPSA) is 66.4 Å². The smallest absolute Gasteiger partial charge is 0.308 e. The lowest BCUT2D eigenvalue weighted by atomic mass is 9.74. The van der Waals surface area contributed by atoms with E-state index in [1.807, 2.05) is 0 Å². The summed E-state index contributed by atoms with van der Waals surface area (Å²) in [6.07, 6.45) is 3.05. The van der Waals surface area contributed by atoms with Gasteiger partial charge in [-0.1, -0.05) is 25.0 Å². The Hall–Kier alpha value is -1.91. The number of rotatable bonds is 4. The fraction of sp³-hybridized carbons (Fsp3) is 0.500. The molecule has 1 amide bonds. The number of amides is 1. The van der Waals surface area contributed by atoms with Gasteiger partial charge in [-0.2, -0.15) is 0 Å². The van der Waals surface area contributed by atoms with E-state index in [0.29, 0.717) is 18.4 Å². The normalized spacial score (nSPS) is 25.3. The number of nitrogens with one attached hydrogen (secondary N) is 1. The highest BCUT2D eigenvalue weighted by molar-refractivity contribution is 5.81. The molecule has 1 aliphatic rings. The second-order valence-electron chi connectivity index (χ2n) is 5.91. The number of hydrogen-bond acceptors (Lipinski definition) is 2. The molecule has 21 heavy (non-hydrogen) atoms. The summed E-state index contributed by atoms with van der Waals surface area (Å²) < 4.78 is 13.1. The zero-order valence-corrected chi connectivity index (χ0v) is 12.1. The lowest BCUT2D eigenvalue weighted by molar-refractivity contribution is -0.146. The minimum atomic E-state index is -0.872. The van der Waals surface area contributed by atoms with Gasteiger partial charge in [0.1, 0.15) is 5.82 Å². The van der Waals surface area contributed by atoms with Gasteiger partial charge in [-0.05, 0) is 37.5 Å². The van der Waals surface area contributed by atoms with Crippen LogP contribution >= 0.6 is 0 Å². The van der Waals surface area contributed by atoms with Crippen LogP contribution in [0.1, 0.15) is 38.2 Å². The summed E-state index contributed by atoms with van der Waals surface area (Å²) in [6.45, 7) is 1.79. The van der Waals surface area contributed by atoms with Crippen molar-refractivity contribution in [3.05, 3.63) is 35.6 Å². The van der Waals surface area contributed by atoms with Crippen molar-refractivity contribution in [2.75, 3.05) is 0 Å². The first-order valence-corrected chi connectivity index (χ1v) is 7.19. The minimum Gasteiger partial charge on any atom is -0.481 e. The molecule has 1 fully saturated rings. The summed E-state index contributed by atoms with van der Waals surface area (Å²) >= 11 is 0. The van der Waals surface area contributed by atoms with Crippen molar-refractivity contribution in [1.29, 1.82) is 0 Å². The zero-order chi connectivity index (χ0) is 15.5. The molecule has 4 nitrogen and oxygen atoms in total. The van der Waals surface area contributed by atoms with Crippen LogP contribution in [0.25, 0.3) is 0 Å². The van der Waals surface area contributed by atoms with E-state index in [1.54, 1.807) is 19.1 Å². The number of carbonyl (C=O) groups excluding carboxylic acids is 1. The Morgan fingerprint density at radius 1 is 1.43 bits per heavy atom. The van der Waals surface area contributed by atoms with Crippen LogP contribution in [0, 0.1) is 11.7 Å². The Labute approximate surface area is 123 Å². The van der Waals surface area contributed by atoms with Gasteiger partial charge in [0.25, 0.3) is 0 Å². The molecule has 5 heteroatoms. The molecule has 0 spiro atoms.